The molecule has 0 fully saturated rings. The fourth-order valence-corrected chi connectivity index (χ4v) is 2.64. The summed E-state index contributed by atoms with van der Waals surface area (Å²) in [5.74, 6) is 0. The zero-order valence-corrected chi connectivity index (χ0v) is 13.2. The maximum atomic E-state index is 5.69. The van der Waals surface area contributed by atoms with E-state index in [0.29, 0.717) is 0 Å². The molecule has 3 N–H and O–H groups in total. The molecule has 0 amide bonds. The van der Waals surface area contributed by atoms with Crippen molar-refractivity contribution in [2.45, 2.75) is 11.4 Å². The van der Waals surface area contributed by atoms with E-state index in [1.165, 1.54) is 17.5 Å². The molecule has 0 aliphatic heterocycles. The molecule has 0 bridgehead atoms. The van der Waals surface area contributed by atoms with E-state index in [0.717, 1.165) is 28.4 Å². The molecule has 0 unspecified atom stereocenters. The standard InChI is InChI=1S/C17H18N4S/c1-21-11-17(20-12-21)15-9-14(22-18)7-8-16(15)19-10-13-5-3-2-4-6-13/h2-9,11-12,19H,10,18H2,1H3. The number of benzene rings is 2. The monoisotopic (exact) mass is 310 g/mol. The fraction of sp³-hybridized carbons (Fsp3) is 0.118. The van der Waals surface area contributed by atoms with Gasteiger partial charge in [-0.3, -0.25) is 5.14 Å². The third-order valence-electron chi connectivity index (χ3n) is 3.43. The van der Waals surface area contributed by atoms with E-state index in [-0.39, 0.29) is 0 Å². The van der Waals surface area contributed by atoms with Crippen molar-refractivity contribution in [3.8, 4) is 11.3 Å². The van der Waals surface area contributed by atoms with Crippen LogP contribution in [-0.4, -0.2) is 9.55 Å². The molecule has 112 valence electrons. The second-order valence-electron chi connectivity index (χ2n) is 5.09. The van der Waals surface area contributed by atoms with Gasteiger partial charge in [-0.05, 0) is 35.7 Å². The molecule has 1 aromatic heterocycles. The summed E-state index contributed by atoms with van der Waals surface area (Å²) >= 11 is 1.25. The smallest absolute Gasteiger partial charge is 0.0951 e. The van der Waals surface area contributed by atoms with Crippen LogP contribution in [-0.2, 0) is 13.6 Å². The van der Waals surface area contributed by atoms with Crippen molar-refractivity contribution in [3.05, 3.63) is 66.6 Å². The number of nitrogens with one attached hydrogen (secondary N) is 1. The number of hydrogen-bond donors (Lipinski definition) is 2. The van der Waals surface area contributed by atoms with Crippen LogP contribution < -0.4 is 10.5 Å². The lowest BCUT2D eigenvalue weighted by atomic mass is 10.1. The Morgan fingerprint density at radius 1 is 1.18 bits per heavy atom. The van der Waals surface area contributed by atoms with E-state index in [1.807, 2.05) is 42.1 Å². The van der Waals surface area contributed by atoms with Crippen LogP contribution in [0.2, 0.25) is 0 Å². The molecule has 0 atom stereocenters. The average Bonchev–Trinajstić information content (AvgIpc) is 3.00. The Morgan fingerprint density at radius 3 is 2.68 bits per heavy atom. The topological polar surface area (TPSA) is 55.9 Å². The molecule has 1 heterocycles. The van der Waals surface area contributed by atoms with Crippen molar-refractivity contribution in [3.63, 3.8) is 0 Å². The first-order chi connectivity index (χ1) is 10.8. The predicted octanol–water partition coefficient (Wildman–Crippen LogP) is 3.67. The van der Waals surface area contributed by atoms with Crippen molar-refractivity contribution in [1.29, 1.82) is 0 Å². The number of nitrogens with two attached hydrogens (primary N) is 1. The van der Waals surface area contributed by atoms with Crippen molar-refractivity contribution in [2.75, 3.05) is 5.32 Å². The summed E-state index contributed by atoms with van der Waals surface area (Å²) in [6, 6.07) is 16.5. The number of anilines is 1. The summed E-state index contributed by atoms with van der Waals surface area (Å²) in [5.41, 5.74) is 4.30. The van der Waals surface area contributed by atoms with Gasteiger partial charge in [-0.15, -0.1) is 0 Å². The molecule has 2 aromatic carbocycles. The summed E-state index contributed by atoms with van der Waals surface area (Å²) in [6.45, 7) is 0.774. The van der Waals surface area contributed by atoms with Crippen molar-refractivity contribution < 1.29 is 0 Å². The second kappa shape index (κ2) is 6.68. The van der Waals surface area contributed by atoms with Crippen molar-refractivity contribution in [1.82, 2.24) is 9.55 Å². The normalized spacial score (nSPS) is 10.6. The van der Waals surface area contributed by atoms with Crippen LogP contribution in [0.3, 0.4) is 0 Å². The molecule has 3 aromatic rings. The van der Waals surface area contributed by atoms with Crippen molar-refractivity contribution in [2.24, 2.45) is 12.2 Å². The summed E-state index contributed by atoms with van der Waals surface area (Å²) in [6.07, 6.45) is 3.81. The van der Waals surface area contributed by atoms with Gasteiger partial charge in [0, 0.05) is 35.9 Å². The number of aromatic nitrogens is 2. The molecule has 3 rings (SSSR count). The molecule has 0 spiro atoms. The highest BCUT2D eigenvalue weighted by Gasteiger charge is 2.09. The highest BCUT2D eigenvalue weighted by atomic mass is 32.2. The van der Waals surface area contributed by atoms with Gasteiger partial charge < -0.3 is 9.88 Å². The molecule has 5 heteroatoms. The Bertz CT molecular complexity index is 752. The van der Waals surface area contributed by atoms with Crippen LogP contribution in [0.5, 0.6) is 0 Å². The lowest BCUT2D eigenvalue weighted by molar-refractivity contribution is 0.913. The first-order valence-corrected chi connectivity index (χ1v) is 7.91. The van der Waals surface area contributed by atoms with Crippen molar-refractivity contribution >= 4 is 17.6 Å². The molecule has 0 aliphatic carbocycles. The number of rotatable bonds is 5. The lowest BCUT2D eigenvalue weighted by Gasteiger charge is -2.12. The first kappa shape index (κ1) is 14.7. The van der Waals surface area contributed by atoms with Crippen LogP contribution in [0.25, 0.3) is 11.3 Å². The van der Waals surface area contributed by atoms with Gasteiger partial charge in [-0.1, -0.05) is 30.3 Å². The molecule has 0 saturated carbocycles. The van der Waals surface area contributed by atoms with Gasteiger partial charge in [-0.2, -0.15) is 0 Å². The average molecular weight is 310 g/mol. The Balaban J connectivity index is 1.89. The SMILES string of the molecule is Cn1cnc(-c2cc(SN)ccc2NCc2ccccc2)c1. The van der Waals surface area contributed by atoms with Crippen LogP contribution in [0.15, 0.2) is 66.0 Å². The number of hydrogen-bond acceptors (Lipinski definition) is 4. The van der Waals surface area contributed by atoms with Crippen LogP contribution in [0.4, 0.5) is 5.69 Å². The lowest BCUT2D eigenvalue weighted by Crippen LogP contribution is -2.01. The van der Waals surface area contributed by atoms with Gasteiger partial charge in [0.05, 0.1) is 12.0 Å². The number of imidazole rings is 1. The van der Waals surface area contributed by atoms with Gasteiger partial charge in [0.25, 0.3) is 0 Å². The van der Waals surface area contributed by atoms with E-state index in [1.54, 1.807) is 6.33 Å². The quantitative estimate of drug-likeness (QED) is 0.706. The Hall–Kier alpha value is -2.24. The van der Waals surface area contributed by atoms with E-state index >= 15 is 0 Å². The maximum absolute atomic E-state index is 5.69. The zero-order valence-electron chi connectivity index (χ0n) is 12.4. The Morgan fingerprint density at radius 2 is 2.00 bits per heavy atom. The highest BCUT2D eigenvalue weighted by molar-refractivity contribution is 7.97. The van der Waals surface area contributed by atoms with Gasteiger partial charge in [0.15, 0.2) is 0 Å². The molecular weight excluding hydrogens is 292 g/mol. The van der Waals surface area contributed by atoms with Gasteiger partial charge in [0.2, 0.25) is 0 Å². The largest absolute Gasteiger partial charge is 0.380 e. The number of aryl methyl sites for hydroxylation is 1. The maximum Gasteiger partial charge on any atom is 0.0951 e. The Kier molecular flexibility index (Phi) is 4.46. The molecular formula is C17H18N4S. The highest BCUT2D eigenvalue weighted by Crippen LogP contribution is 2.30. The third kappa shape index (κ3) is 3.32. The summed E-state index contributed by atoms with van der Waals surface area (Å²) in [4.78, 5) is 5.47. The van der Waals surface area contributed by atoms with E-state index in [9.17, 15) is 0 Å². The minimum atomic E-state index is 0.774. The van der Waals surface area contributed by atoms with E-state index < -0.39 is 0 Å². The molecule has 0 saturated heterocycles. The minimum Gasteiger partial charge on any atom is -0.380 e. The van der Waals surface area contributed by atoms with E-state index in [4.69, 9.17) is 5.14 Å². The summed E-state index contributed by atoms with van der Waals surface area (Å²) in [7, 11) is 1.97. The molecule has 0 aliphatic rings. The predicted molar refractivity (Wildman–Crippen MR) is 92.5 cm³/mol. The summed E-state index contributed by atoms with van der Waals surface area (Å²) < 4.78 is 1.94. The Labute approximate surface area is 134 Å². The van der Waals surface area contributed by atoms with E-state index in [2.05, 4.69) is 34.6 Å². The number of nitrogens with zero attached hydrogens (tertiary/aromatic N) is 2. The third-order valence-corrected chi connectivity index (χ3v) is 3.96. The van der Waals surface area contributed by atoms with Crippen LogP contribution in [0, 0.1) is 0 Å². The van der Waals surface area contributed by atoms with Crippen LogP contribution in [0.1, 0.15) is 5.56 Å². The minimum absolute atomic E-state index is 0.774. The van der Waals surface area contributed by atoms with Gasteiger partial charge >= 0.3 is 0 Å². The fourth-order valence-electron chi connectivity index (χ4n) is 2.31. The molecule has 0 radical (unpaired) electrons. The van der Waals surface area contributed by atoms with Crippen LogP contribution >= 0.6 is 11.9 Å². The van der Waals surface area contributed by atoms with Gasteiger partial charge in [0.1, 0.15) is 0 Å². The molecule has 4 nitrogen and oxygen atoms in total. The summed E-state index contributed by atoms with van der Waals surface area (Å²) in [5, 5.41) is 9.18. The second-order valence-corrected chi connectivity index (χ2v) is 5.80. The van der Waals surface area contributed by atoms with Gasteiger partial charge in [-0.25, -0.2) is 4.98 Å². The molecule has 22 heavy (non-hydrogen) atoms. The zero-order chi connectivity index (χ0) is 15.4. The first-order valence-electron chi connectivity index (χ1n) is 7.03.